The summed E-state index contributed by atoms with van der Waals surface area (Å²) in [5.74, 6) is 2.85. The second kappa shape index (κ2) is 4.26. The second-order valence-corrected chi connectivity index (χ2v) is 4.22. The highest BCUT2D eigenvalue weighted by Gasteiger charge is 2.15. The summed E-state index contributed by atoms with van der Waals surface area (Å²) in [6, 6.07) is 10.1. The average molecular weight is 229 g/mol. The van der Waals surface area contributed by atoms with Crippen molar-refractivity contribution in [2.75, 3.05) is 13.7 Å². The van der Waals surface area contributed by atoms with Crippen molar-refractivity contribution < 1.29 is 9.15 Å². The molecular formula is C14H15NO2. The molecule has 0 radical (unpaired) electrons. The first-order valence-electron chi connectivity index (χ1n) is 5.83. The predicted octanol–water partition coefficient (Wildman–Crippen LogP) is 2.60. The predicted molar refractivity (Wildman–Crippen MR) is 66.1 cm³/mol. The first kappa shape index (κ1) is 10.4. The molecule has 0 fully saturated rings. The van der Waals surface area contributed by atoms with Gasteiger partial charge in [0.05, 0.1) is 13.7 Å². The van der Waals surface area contributed by atoms with Crippen LogP contribution in [0.3, 0.4) is 0 Å². The van der Waals surface area contributed by atoms with E-state index in [1.807, 2.05) is 24.3 Å². The molecular weight excluding hydrogens is 214 g/mol. The minimum absolute atomic E-state index is 0.833. The van der Waals surface area contributed by atoms with E-state index in [1.165, 1.54) is 5.56 Å². The fourth-order valence-corrected chi connectivity index (χ4v) is 2.17. The Balaban J connectivity index is 2.00. The Morgan fingerprint density at radius 1 is 1.29 bits per heavy atom. The van der Waals surface area contributed by atoms with Gasteiger partial charge in [-0.05, 0) is 36.7 Å². The van der Waals surface area contributed by atoms with E-state index in [4.69, 9.17) is 9.15 Å². The molecule has 0 atom stereocenters. The molecule has 1 aromatic carbocycles. The first-order chi connectivity index (χ1) is 8.36. The van der Waals surface area contributed by atoms with Crippen LogP contribution < -0.4 is 10.1 Å². The molecule has 1 aliphatic heterocycles. The summed E-state index contributed by atoms with van der Waals surface area (Å²) in [7, 11) is 1.68. The van der Waals surface area contributed by atoms with Crippen LogP contribution in [0, 0.1) is 0 Å². The van der Waals surface area contributed by atoms with Gasteiger partial charge < -0.3 is 14.5 Å². The standard InChI is InChI=1S/C14H15NO2/c1-16-12-4-2-3-10(7-12)13-8-11-5-6-15-9-14(11)17-13/h2-4,7-8,15H,5-6,9H2,1H3. The summed E-state index contributed by atoms with van der Waals surface area (Å²) in [5.41, 5.74) is 2.39. The third-order valence-electron chi connectivity index (χ3n) is 3.11. The maximum absolute atomic E-state index is 5.87. The van der Waals surface area contributed by atoms with E-state index in [-0.39, 0.29) is 0 Å². The largest absolute Gasteiger partial charge is 0.497 e. The zero-order valence-electron chi connectivity index (χ0n) is 9.82. The molecule has 0 spiro atoms. The molecule has 0 bridgehead atoms. The summed E-state index contributed by atoms with van der Waals surface area (Å²) < 4.78 is 11.1. The fourth-order valence-electron chi connectivity index (χ4n) is 2.17. The second-order valence-electron chi connectivity index (χ2n) is 4.22. The number of ether oxygens (including phenoxy) is 1. The minimum atomic E-state index is 0.833. The quantitative estimate of drug-likeness (QED) is 0.859. The lowest BCUT2D eigenvalue weighted by molar-refractivity contribution is 0.414. The van der Waals surface area contributed by atoms with Crippen molar-refractivity contribution >= 4 is 0 Å². The van der Waals surface area contributed by atoms with Crippen molar-refractivity contribution in [2.24, 2.45) is 0 Å². The van der Waals surface area contributed by atoms with Gasteiger partial charge in [-0.2, -0.15) is 0 Å². The molecule has 0 aliphatic carbocycles. The van der Waals surface area contributed by atoms with Crippen LogP contribution in [0.15, 0.2) is 34.7 Å². The van der Waals surface area contributed by atoms with Crippen LogP contribution in [0.2, 0.25) is 0 Å². The van der Waals surface area contributed by atoms with E-state index in [0.29, 0.717) is 0 Å². The Morgan fingerprint density at radius 3 is 3.06 bits per heavy atom. The molecule has 17 heavy (non-hydrogen) atoms. The van der Waals surface area contributed by atoms with Crippen LogP contribution in [0.5, 0.6) is 5.75 Å². The Kier molecular flexibility index (Phi) is 2.61. The normalized spacial score (nSPS) is 14.4. The summed E-state index contributed by atoms with van der Waals surface area (Å²) in [5, 5.41) is 3.31. The van der Waals surface area contributed by atoms with Crippen LogP contribution >= 0.6 is 0 Å². The zero-order chi connectivity index (χ0) is 11.7. The monoisotopic (exact) mass is 229 g/mol. The molecule has 0 amide bonds. The van der Waals surface area contributed by atoms with Gasteiger partial charge in [0, 0.05) is 5.56 Å². The molecule has 3 heteroatoms. The molecule has 3 rings (SSSR count). The van der Waals surface area contributed by atoms with Gasteiger partial charge >= 0.3 is 0 Å². The van der Waals surface area contributed by atoms with Gasteiger partial charge in [0.1, 0.15) is 17.3 Å². The molecule has 2 aromatic rings. The molecule has 2 heterocycles. The number of methoxy groups -OCH3 is 1. The van der Waals surface area contributed by atoms with Crippen molar-refractivity contribution in [3.63, 3.8) is 0 Å². The van der Waals surface area contributed by atoms with E-state index >= 15 is 0 Å². The molecule has 1 aromatic heterocycles. The lowest BCUT2D eigenvalue weighted by Gasteiger charge is -2.09. The van der Waals surface area contributed by atoms with Gasteiger partial charge in [0.15, 0.2) is 0 Å². The highest BCUT2D eigenvalue weighted by molar-refractivity contribution is 5.61. The first-order valence-corrected chi connectivity index (χ1v) is 5.83. The maximum atomic E-state index is 5.87. The molecule has 0 unspecified atom stereocenters. The average Bonchev–Trinajstić information content (AvgIpc) is 2.82. The van der Waals surface area contributed by atoms with Crippen molar-refractivity contribution in [1.82, 2.24) is 5.32 Å². The van der Waals surface area contributed by atoms with Crippen molar-refractivity contribution in [2.45, 2.75) is 13.0 Å². The smallest absolute Gasteiger partial charge is 0.134 e. The fraction of sp³-hybridized carbons (Fsp3) is 0.286. The van der Waals surface area contributed by atoms with E-state index in [9.17, 15) is 0 Å². The van der Waals surface area contributed by atoms with Crippen molar-refractivity contribution in [3.8, 4) is 17.1 Å². The third-order valence-corrected chi connectivity index (χ3v) is 3.11. The van der Waals surface area contributed by atoms with Crippen molar-refractivity contribution in [3.05, 3.63) is 41.7 Å². The molecule has 1 N–H and O–H groups in total. The third kappa shape index (κ3) is 1.94. The number of hydrogen-bond donors (Lipinski definition) is 1. The highest BCUT2D eigenvalue weighted by atomic mass is 16.5. The number of fused-ring (bicyclic) bond motifs is 1. The highest BCUT2D eigenvalue weighted by Crippen LogP contribution is 2.29. The Labute approximate surface area is 100 Å². The van der Waals surface area contributed by atoms with E-state index in [1.54, 1.807) is 7.11 Å². The lowest BCUT2D eigenvalue weighted by Crippen LogP contribution is -2.22. The van der Waals surface area contributed by atoms with Crippen molar-refractivity contribution in [1.29, 1.82) is 0 Å². The van der Waals surface area contributed by atoms with Gasteiger partial charge in [-0.3, -0.25) is 0 Å². The molecule has 0 saturated carbocycles. The molecule has 1 aliphatic rings. The lowest BCUT2D eigenvalue weighted by atomic mass is 10.1. The Bertz CT molecular complexity index is 507. The van der Waals surface area contributed by atoms with Gasteiger partial charge in [0.2, 0.25) is 0 Å². The van der Waals surface area contributed by atoms with Gasteiger partial charge in [-0.15, -0.1) is 0 Å². The summed E-state index contributed by atoms with van der Waals surface area (Å²) in [6.45, 7) is 1.86. The topological polar surface area (TPSA) is 34.4 Å². The van der Waals surface area contributed by atoms with Gasteiger partial charge in [-0.1, -0.05) is 12.1 Å². The van der Waals surface area contributed by atoms with E-state index in [2.05, 4.69) is 11.4 Å². The summed E-state index contributed by atoms with van der Waals surface area (Å²) >= 11 is 0. The van der Waals surface area contributed by atoms with E-state index < -0.39 is 0 Å². The van der Waals surface area contributed by atoms with Gasteiger partial charge in [0.25, 0.3) is 0 Å². The molecule has 88 valence electrons. The zero-order valence-corrected chi connectivity index (χ0v) is 9.82. The summed E-state index contributed by atoms with van der Waals surface area (Å²) in [6.07, 6.45) is 1.04. The van der Waals surface area contributed by atoms with Crippen LogP contribution in [-0.2, 0) is 13.0 Å². The molecule has 3 nitrogen and oxygen atoms in total. The number of nitrogens with one attached hydrogen (secondary N) is 1. The number of furan rings is 1. The van der Waals surface area contributed by atoms with Crippen LogP contribution in [-0.4, -0.2) is 13.7 Å². The number of benzene rings is 1. The molecule has 0 saturated heterocycles. The number of hydrogen-bond acceptors (Lipinski definition) is 3. The SMILES string of the molecule is COc1cccc(-c2cc3c(o2)CNCC3)c1. The Hall–Kier alpha value is -1.74. The van der Waals surface area contributed by atoms with Crippen LogP contribution in [0.1, 0.15) is 11.3 Å². The minimum Gasteiger partial charge on any atom is -0.497 e. The summed E-state index contributed by atoms with van der Waals surface area (Å²) in [4.78, 5) is 0. The van der Waals surface area contributed by atoms with E-state index in [0.717, 1.165) is 42.3 Å². The van der Waals surface area contributed by atoms with Gasteiger partial charge in [-0.25, -0.2) is 0 Å². The van der Waals surface area contributed by atoms with Crippen LogP contribution in [0.4, 0.5) is 0 Å². The number of rotatable bonds is 2. The maximum Gasteiger partial charge on any atom is 0.134 e. The van der Waals surface area contributed by atoms with Crippen LogP contribution in [0.25, 0.3) is 11.3 Å². The Morgan fingerprint density at radius 2 is 2.24 bits per heavy atom.